The molecular weight excluding hydrogens is 373 g/mol. The van der Waals surface area contributed by atoms with Crippen molar-refractivity contribution in [1.82, 2.24) is 4.31 Å². The third kappa shape index (κ3) is 3.23. The number of β-amino-alcohol motifs (C(OH)–C–C–N with tert-alkyl or cyclic N) is 1. The Kier molecular flexibility index (Phi) is 5.07. The topological polar surface area (TPSA) is 57.6 Å². The summed E-state index contributed by atoms with van der Waals surface area (Å²) in [4.78, 5) is 1.02. The number of rotatable bonds is 4. The van der Waals surface area contributed by atoms with Crippen molar-refractivity contribution in [1.29, 1.82) is 0 Å². The summed E-state index contributed by atoms with van der Waals surface area (Å²) in [5.41, 5.74) is 2.60. The zero-order valence-corrected chi connectivity index (χ0v) is 16.6. The number of hydrogen-bond donors (Lipinski definition) is 1. The minimum Gasteiger partial charge on any atom is -0.387 e. The van der Waals surface area contributed by atoms with E-state index in [2.05, 4.69) is 0 Å². The van der Waals surface area contributed by atoms with Gasteiger partial charge in [-0.25, -0.2) is 12.8 Å². The molecule has 0 saturated heterocycles. The second-order valence-corrected chi connectivity index (χ2v) is 9.99. The van der Waals surface area contributed by atoms with Gasteiger partial charge in [0.25, 0.3) is 0 Å². The minimum absolute atomic E-state index is 0.0375. The van der Waals surface area contributed by atoms with E-state index in [1.165, 1.54) is 28.7 Å². The number of thioether (sulfide) groups is 1. The Morgan fingerprint density at radius 2 is 1.96 bits per heavy atom. The van der Waals surface area contributed by atoms with E-state index in [-0.39, 0.29) is 18.8 Å². The number of nitrogens with zero attached hydrogens (tertiary/aromatic N) is 1. The van der Waals surface area contributed by atoms with Crippen LogP contribution in [-0.4, -0.2) is 41.5 Å². The largest absolute Gasteiger partial charge is 0.387 e. The van der Waals surface area contributed by atoms with Crippen LogP contribution < -0.4 is 0 Å². The fraction of sp³-hybridized carbons (Fsp3) is 0.368. The lowest BCUT2D eigenvalue weighted by Gasteiger charge is -2.36. The zero-order valence-electron chi connectivity index (χ0n) is 14.9. The number of hydrogen-bond acceptors (Lipinski definition) is 4. The molecule has 1 aromatic carbocycles. The second kappa shape index (κ2) is 6.87. The Morgan fingerprint density at radius 3 is 2.50 bits per heavy atom. The Labute approximate surface area is 158 Å². The highest BCUT2D eigenvalue weighted by atomic mass is 32.2. The van der Waals surface area contributed by atoms with Crippen molar-refractivity contribution in [3.05, 3.63) is 64.5 Å². The van der Waals surface area contributed by atoms with E-state index in [4.69, 9.17) is 0 Å². The molecule has 7 heteroatoms. The van der Waals surface area contributed by atoms with Crippen molar-refractivity contribution in [3.63, 3.8) is 0 Å². The van der Waals surface area contributed by atoms with Gasteiger partial charge in [-0.05, 0) is 61.4 Å². The molecule has 3 rings (SSSR count). The third-order valence-electron chi connectivity index (χ3n) is 4.82. The molecule has 2 atom stereocenters. The molecule has 4 nitrogen and oxygen atoms in total. The number of aliphatic hydroxyl groups excluding tert-OH is 1. The van der Waals surface area contributed by atoms with Crippen LogP contribution in [0.1, 0.15) is 25.8 Å². The number of benzene rings is 1. The fourth-order valence-electron chi connectivity index (χ4n) is 3.53. The first-order valence-corrected chi connectivity index (χ1v) is 10.9. The van der Waals surface area contributed by atoms with E-state index in [9.17, 15) is 17.9 Å². The standard InChI is InChI=1S/C19H22FNO3S2/c1-13-10-19(2,26(23,24)21-9-8-16(22)12-21)11-17(18(13)25-3)14-4-6-15(20)7-5-14/h4-10,16,22H,11-12H2,1-3H3. The molecule has 1 heterocycles. The van der Waals surface area contributed by atoms with Crippen LogP contribution in [0.2, 0.25) is 0 Å². The summed E-state index contributed by atoms with van der Waals surface area (Å²) in [6.07, 6.45) is 6.15. The van der Waals surface area contributed by atoms with Crippen molar-refractivity contribution >= 4 is 27.4 Å². The molecule has 0 aromatic heterocycles. The van der Waals surface area contributed by atoms with E-state index >= 15 is 0 Å². The number of allylic oxidation sites excluding steroid dienone is 2. The van der Waals surface area contributed by atoms with E-state index in [1.807, 2.05) is 13.2 Å². The van der Waals surface area contributed by atoms with Crippen molar-refractivity contribution in [2.75, 3.05) is 12.8 Å². The van der Waals surface area contributed by atoms with Crippen molar-refractivity contribution < 1.29 is 17.9 Å². The van der Waals surface area contributed by atoms with E-state index < -0.39 is 20.9 Å². The molecule has 1 aromatic rings. The number of halogens is 1. The van der Waals surface area contributed by atoms with Gasteiger partial charge in [0, 0.05) is 11.1 Å². The van der Waals surface area contributed by atoms with Gasteiger partial charge in [0.2, 0.25) is 10.0 Å². The van der Waals surface area contributed by atoms with Gasteiger partial charge in [-0.3, -0.25) is 4.31 Å². The highest BCUT2D eigenvalue weighted by Gasteiger charge is 2.45. The predicted molar refractivity (Wildman–Crippen MR) is 104 cm³/mol. The van der Waals surface area contributed by atoms with Gasteiger partial charge in [-0.1, -0.05) is 18.2 Å². The fourth-order valence-corrected chi connectivity index (χ4v) is 6.11. The lowest BCUT2D eigenvalue weighted by Crippen LogP contribution is -2.44. The summed E-state index contributed by atoms with van der Waals surface area (Å²) in [7, 11) is -3.72. The molecule has 0 saturated carbocycles. The van der Waals surface area contributed by atoms with Crippen LogP contribution in [0.5, 0.6) is 0 Å². The zero-order chi connectivity index (χ0) is 19.1. The van der Waals surface area contributed by atoms with Crippen molar-refractivity contribution in [2.45, 2.75) is 31.1 Å². The van der Waals surface area contributed by atoms with Crippen LogP contribution in [0.3, 0.4) is 0 Å². The predicted octanol–water partition coefficient (Wildman–Crippen LogP) is 3.53. The maximum Gasteiger partial charge on any atom is 0.244 e. The molecule has 140 valence electrons. The van der Waals surface area contributed by atoms with Crippen LogP contribution in [0.25, 0.3) is 5.57 Å². The van der Waals surface area contributed by atoms with Gasteiger partial charge >= 0.3 is 0 Å². The van der Waals surface area contributed by atoms with Crippen LogP contribution in [0, 0.1) is 5.82 Å². The smallest absolute Gasteiger partial charge is 0.244 e. The van der Waals surface area contributed by atoms with Crippen molar-refractivity contribution in [3.8, 4) is 0 Å². The molecule has 2 unspecified atom stereocenters. The Hall–Kier alpha value is -1.57. The second-order valence-electron chi connectivity index (χ2n) is 6.82. The maximum absolute atomic E-state index is 13.3. The third-order valence-corrected chi connectivity index (χ3v) is 8.12. The molecule has 26 heavy (non-hydrogen) atoms. The van der Waals surface area contributed by atoms with Gasteiger partial charge in [0.15, 0.2) is 0 Å². The summed E-state index contributed by atoms with van der Waals surface area (Å²) in [6.45, 7) is 3.64. The summed E-state index contributed by atoms with van der Waals surface area (Å²) in [6, 6.07) is 6.15. The summed E-state index contributed by atoms with van der Waals surface area (Å²) in [5.74, 6) is -0.324. The van der Waals surface area contributed by atoms with Crippen LogP contribution in [0.4, 0.5) is 4.39 Å². The molecule has 2 aliphatic rings. The average molecular weight is 396 g/mol. The summed E-state index contributed by atoms with van der Waals surface area (Å²) in [5, 5.41) is 9.68. The average Bonchev–Trinajstić information content (AvgIpc) is 3.02. The Bertz CT molecular complexity index is 903. The van der Waals surface area contributed by atoms with E-state index in [0.717, 1.165) is 21.6 Å². The normalized spacial score (nSPS) is 26.4. The van der Waals surface area contributed by atoms with Crippen LogP contribution >= 0.6 is 11.8 Å². The SMILES string of the molecule is CSC1=C(c2ccc(F)cc2)CC(C)(S(=O)(=O)N2C=CC(O)C2)C=C1C. The number of sulfonamides is 1. The van der Waals surface area contributed by atoms with Crippen LogP contribution in [0.15, 0.2) is 53.1 Å². The minimum atomic E-state index is -3.72. The van der Waals surface area contributed by atoms with Gasteiger partial charge in [-0.15, -0.1) is 11.8 Å². The highest BCUT2D eigenvalue weighted by molar-refractivity contribution is 8.02. The Morgan fingerprint density at radius 1 is 1.31 bits per heavy atom. The molecule has 0 amide bonds. The summed E-state index contributed by atoms with van der Waals surface area (Å²) >= 11 is 1.56. The molecule has 0 bridgehead atoms. The first-order valence-electron chi connectivity index (χ1n) is 8.28. The van der Waals surface area contributed by atoms with Gasteiger partial charge in [-0.2, -0.15) is 0 Å². The first kappa shape index (κ1) is 19.2. The molecule has 1 N–H and O–H groups in total. The molecular formula is C19H22FNO3S2. The lowest BCUT2D eigenvalue weighted by molar-refractivity contribution is 0.217. The van der Waals surface area contributed by atoms with Crippen molar-refractivity contribution in [2.24, 2.45) is 0 Å². The van der Waals surface area contributed by atoms with Crippen LogP contribution in [-0.2, 0) is 10.0 Å². The van der Waals surface area contributed by atoms with Gasteiger partial charge in [0.1, 0.15) is 10.6 Å². The van der Waals surface area contributed by atoms with Gasteiger partial charge in [0.05, 0.1) is 12.6 Å². The quantitative estimate of drug-likeness (QED) is 0.847. The monoisotopic (exact) mass is 395 g/mol. The van der Waals surface area contributed by atoms with Gasteiger partial charge < -0.3 is 5.11 Å². The number of aliphatic hydroxyl groups is 1. The molecule has 1 aliphatic heterocycles. The highest BCUT2D eigenvalue weighted by Crippen LogP contribution is 2.45. The summed E-state index contributed by atoms with van der Waals surface area (Å²) < 4.78 is 39.9. The van der Waals surface area contributed by atoms with E-state index in [1.54, 1.807) is 36.9 Å². The molecule has 0 spiro atoms. The molecule has 0 radical (unpaired) electrons. The van der Waals surface area contributed by atoms with E-state index in [0.29, 0.717) is 0 Å². The maximum atomic E-state index is 13.3. The first-order chi connectivity index (χ1) is 12.2. The molecule has 1 aliphatic carbocycles. The lowest BCUT2D eigenvalue weighted by atomic mass is 9.87. The molecule has 0 fully saturated rings. The Balaban J connectivity index is 2.06.